The van der Waals surface area contributed by atoms with E-state index in [1.54, 1.807) is 6.20 Å². The van der Waals surface area contributed by atoms with Gasteiger partial charge in [0.05, 0.1) is 17.2 Å². The predicted octanol–water partition coefficient (Wildman–Crippen LogP) is 2.81. The first-order chi connectivity index (χ1) is 6.87. The van der Waals surface area contributed by atoms with Crippen molar-refractivity contribution in [3.05, 3.63) is 30.1 Å². The number of pyridine rings is 1. The zero-order valence-electron chi connectivity index (χ0n) is 8.24. The van der Waals surface area contributed by atoms with Crippen molar-refractivity contribution < 1.29 is 0 Å². The average molecular weight is 186 g/mol. The molecule has 0 aromatic carbocycles. The molecule has 0 bridgehead atoms. The summed E-state index contributed by atoms with van der Waals surface area (Å²) in [6.45, 7) is 0. The van der Waals surface area contributed by atoms with E-state index in [1.807, 2.05) is 18.2 Å². The van der Waals surface area contributed by atoms with Crippen LogP contribution in [0.15, 0.2) is 24.4 Å². The van der Waals surface area contributed by atoms with E-state index in [0.29, 0.717) is 0 Å². The molecule has 1 saturated carbocycles. The fraction of sp³-hybridized carbons (Fsp3) is 0.500. The number of hydrogen-bond donors (Lipinski definition) is 0. The summed E-state index contributed by atoms with van der Waals surface area (Å²) in [6, 6.07) is 8.32. The summed E-state index contributed by atoms with van der Waals surface area (Å²) in [5.41, 5.74) is 0.668. The monoisotopic (exact) mass is 186 g/mol. The number of nitriles is 1. The molecule has 1 aliphatic rings. The first kappa shape index (κ1) is 9.21. The number of rotatable bonds is 1. The summed E-state index contributed by atoms with van der Waals surface area (Å²) in [4.78, 5) is 4.32. The molecule has 0 radical (unpaired) electrons. The molecule has 1 fully saturated rings. The molecule has 14 heavy (non-hydrogen) atoms. The van der Waals surface area contributed by atoms with Gasteiger partial charge in [-0.05, 0) is 25.0 Å². The standard InChI is InChI=1S/C12H14N2/c13-10-12(7-3-1-4-8-12)11-6-2-5-9-14-11/h2,5-6,9H,1,3-4,7-8H2. The molecule has 0 aliphatic heterocycles. The summed E-state index contributed by atoms with van der Waals surface area (Å²) in [6.07, 6.45) is 7.30. The highest BCUT2D eigenvalue weighted by Crippen LogP contribution is 2.37. The van der Waals surface area contributed by atoms with Crippen LogP contribution in [0, 0.1) is 11.3 Å². The molecule has 2 nitrogen and oxygen atoms in total. The summed E-state index contributed by atoms with van der Waals surface area (Å²) < 4.78 is 0. The van der Waals surface area contributed by atoms with Crippen molar-refractivity contribution in [1.29, 1.82) is 5.26 Å². The lowest BCUT2D eigenvalue weighted by atomic mass is 9.73. The highest BCUT2D eigenvalue weighted by atomic mass is 14.7. The first-order valence-electron chi connectivity index (χ1n) is 5.20. The molecule has 72 valence electrons. The van der Waals surface area contributed by atoms with Crippen LogP contribution in [0.3, 0.4) is 0 Å². The van der Waals surface area contributed by atoms with Crippen molar-refractivity contribution in [2.45, 2.75) is 37.5 Å². The van der Waals surface area contributed by atoms with Crippen molar-refractivity contribution in [1.82, 2.24) is 4.98 Å². The third-order valence-electron chi connectivity index (χ3n) is 3.08. The van der Waals surface area contributed by atoms with Gasteiger partial charge in [0.15, 0.2) is 0 Å². The SMILES string of the molecule is N#CC1(c2ccccn2)CCCCC1. The van der Waals surface area contributed by atoms with Crippen LogP contribution in [0.1, 0.15) is 37.8 Å². The van der Waals surface area contributed by atoms with E-state index in [-0.39, 0.29) is 5.41 Å². The third-order valence-corrected chi connectivity index (χ3v) is 3.08. The van der Waals surface area contributed by atoms with E-state index in [9.17, 15) is 5.26 Å². The molecule has 0 N–H and O–H groups in total. The first-order valence-corrected chi connectivity index (χ1v) is 5.20. The van der Waals surface area contributed by atoms with Crippen molar-refractivity contribution in [2.24, 2.45) is 0 Å². The van der Waals surface area contributed by atoms with E-state index < -0.39 is 0 Å². The molecule has 0 unspecified atom stereocenters. The van der Waals surface area contributed by atoms with Crippen LogP contribution in [0.2, 0.25) is 0 Å². The van der Waals surface area contributed by atoms with E-state index in [0.717, 1.165) is 31.4 Å². The normalized spacial score (nSPS) is 19.9. The fourth-order valence-corrected chi connectivity index (χ4v) is 2.23. The molecular weight excluding hydrogens is 172 g/mol. The minimum absolute atomic E-state index is 0.292. The number of aromatic nitrogens is 1. The van der Waals surface area contributed by atoms with E-state index in [2.05, 4.69) is 11.1 Å². The Morgan fingerprint density at radius 2 is 2.00 bits per heavy atom. The average Bonchev–Trinajstić information content (AvgIpc) is 2.31. The van der Waals surface area contributed by atoms with Gasteiger partial charge in [-0.15, -0.1) is 0 Å². The lowest BCUT2D eigenvalue weighted by Gasteiger charge is -2.29. The van der Waals surface area contributed by atoms with Gasteiger partial charge >= 0.3 is 0 Å². The summed E-state index contributed by atoms with van der Waals surface area (Å²) in [7, 11) is 0. The van der Waals surface area contributed by atoms with Crippen LogP contribution in [0.5, 0.6) is 0 Å². The molecule has 0 saturated heterocycles. The maximum atomic E-state index is 9.30. The predicted molar refractivity (Wildman–Crippen MR) is 54.6 cm³/mol. The number of hydrogen-bond acceptors (Lipinski definition) is 2. The van der Waals surface area contributed by atoms with Gasteiger partial charge in [-0.2, -0.15) is 5.26 Å². The molecule has 2 heteroatoms. The third kappa shape index (κ3) is 1.50. The van der Waals surface area contributed by atoms with Gasteiger partial charge in [-0.25, -0.2) is 0 Å². The van der Waals surface area contributed by atoms with Crippen molar-refractivity contribution in [3.63, 3.8) is 0 Å². The molecule has 1 aliphatic carbocycles. The lowest BCUT2D eigenvalue weighted by Crippen LogP contribution is -2.28. The summed E-state index contributed by atoms with van der Waals surface area (Å²) in [5, 5.41) is 9.30. The highest BCUT2D eigenvalue weighted by Gasteiger charge is 2.34. The van der Waals surface area contributed by atoms with Crippen molar-refractivity contribution >= 4 is 0 Å². The van der Waals surface area contributed by atoms with Crippen molar-refractivity contribution in [3.8, 4) is 6.07 Å². The van der Waals surface area contributed by atoms with Gasteiger partial charge in [0.1, 0.15) is 0 Å². The van der Waals surface area contributed by atoms with Crippen LogP contribution in [-0.2, 0) is 5.41 Å². The van der Waals surface area contributed by atoms with Gasteiger partial charge in [0, 0.05) is 6.20 Å². The van der Waals surface area contributed by atoms with Gasteiger partial charge < -0.3 is 0 Å². The van der Waals surface area contributed by atoms with Gasteiger partial charge in [-0.3, -0.25) is 4.98 Å². The van der Waals surface area contributed by atoms with Crippen molar-refractivity contribution in [2.75, 3.05) is 0 Å². The number of nitrogens with zero attached hydrogens (tertiary/aromatic N) is 2. The minimum atomic E-state index is -0.292. The van der Waals surface area contributed by atoms with Crippen LogP contribution in [-0.4, -0.2) is 4.98 Å². The van der Waals surface area contributed by atoms with Gasteiger partial charge in [-0.1, -0.05) is 25.3 Å². The molecular formula is C12H14N2. The van der Waals surface area contributed by atoms with Crippen LogP contribution in [0.25, 0.3) is 0 Å². The van der Waals surface area contributed by atoms with Crippen LogP contribution < -0.4 is 0 Å². The topological polar surface area (TPSA) is 36.7 Å². The Hall–Kier alpha value is -1.36. The van der Waals surface area contributed by atoms with Crippen LogP contribution >= 0.6 is 0 Å². The Kier molecular flexibility index (Phi) is 2.49. The Morgan fingerprint density at radius 3 is 2.57 bits per heavy atom. The van der Waals surface area contributed by atoms with Gasteiger partial charge in [0.2, 0.25) is 0 Å². The largest absolute Gasteiger partial charge is 0.260 e. The van der Waals surface area contributed by atoms with E-state index in [1.165, 1.54) is 6.42 Å². The Balaban J connectivity index is 2.33. The molecule has 0 amide bonds. The molecule has 2 rings (SSSR count). The summed E-state index contributed by atoms with van der Waals surface area (Å²) in [5.74, 6) is 0. The Labute approximate surface area is 84.6 Å². The molecule has 1 aromatic heterocycles. The van der Waals surface area contributed by atoms with E-state index in [4.69, 9.17) is 0 Å². The fourth-order valence-electron chi connectivity index (χ4n) is 2.23. The van der Waals surface area contributed by atoms with Crippen LogP contribution in [0.4, 0.5) is 0 Å². The molecule has 1 aromatic rings. The highest BCUT2D eigenvalue weighted by molar-refractivity contribution is 5.26. The molecule has 0 atom stereocenters. The molecule has 1 heterocycles. The Morgan fingerprint density at radius 1 is 1.21 bits per heavy atom. The lowest BCUT2D eigenvalue weighted by molar-refractivity contribution is 0.358. The Bertz CT molecular complexity index is 331. The maximum Gasteiger partial charge on any atom is 0.0993 e. The second-order valence-corrected chi connectivity index (χ2v) is 3.97. The second-order valence-electron chi connectivity index (χ2n) is 3.97. The zero-order chi connectivity index (χ0) is 9.86. The van der Waals surface area contributed by atoms with Gasteiger partial charge in [0.25, 0.3) is 0 Å². The quantitative estimate of drug-likeness (QED) is 0.676. The minimum Gasteiger partial charge on any atom is -0.260 e. The van der Waals surface area contributed by atoms with E-state index >= 15 is 0 Å². The maximum absolute atomic E-state index is 9.30. The second kappa shape index (κ2) is 3.79. The smallest absolute Gasteiger partial charge is 0.0993 e. The zero-order valence-corrected chi connectivity index (χ0v) is 8.24. The summed E-state index contributed by atoms with van der Waals surface area (Å²) >= 11 is 0. The molecule has 0 spiro atoms.